The Kier molecular flexibility index (Phi) is 4.36. The van der Waals surface area contributed by atoms with E-state index in [0.717, 1.165) is 0 Å². The number of carbonyl (C=O) groups is 1. The summed E-state index contributed by atoms with van der Waals surface area (Å²) in [7, 11) is 0. The molecule has 0 bridgehead atoms. The first kappa shape index (κ1) is 12.4. The van der Waals surface area contributed by atoms with Gasteiger partial charge in [0.15, 0.2) is 0 Å². The van der Waals surface area contributed by atoms with Crippen molar-refractivity contribution in [3.05, 3.63) is 0 Å². The summed E-state index contributed by atoms with van der Waals surface area (Å²) in [6.07, 6.45) is 0.513. The summed E-state index contributed by atoms with van der Waals surface area (Å²) >= 11 is 0. The van der Waals surface area contributed by atoms with Crippen molar-refractivity contribution in [1.29, 1.82) is 0 Å². The van der Waals surface area contributed by atoms with Crippen LogP contribution in [0.3, 0.4) is 0 Å². The lowest BCUT2D eigenvalue weighted by Gasteiger charge is -2.25. The molecule has 0 heterocycles. The maximum Gasteiger partial charge on any atom is 0.320 e. The van der Waals surface area contributed by atoms with E-state index >= 15 is 0 Å². The fourth-order valence-electron chi connectivity index (χ4n) is 1.12. The molecule has 13 heavy (non-hydrogen) atoms. The van der Waals surface area contributed by atoms with Gasteiger partial charge in [0.05, 0.1) is 0 Å². The van der Waals surface area contributed by atoms with Gasteiger partial charge in [-0.25, -0.2) is 0 Å². The van der Waals surface area contributed by atoms with Gasteiger partial charge in [-0.1, -0.05) is 13.8 Å². The van der Waals surface area contributed by atoms with Crippen LogP contribution in [0.25, 0.3) is 0 Å². The van der Waals surface area contributed by atoms with E-state index in [0.29, 0.717) is 6.42 Å². The van der Waals surface area contributed by atoms with Crippen molar-refractivity contribution in [2.75, 3.05) is 0 Å². The van der Waals surface area contributed by atoms with Gasteiger partial charge in [-0.15, -0.1) is 0 Å². The van der Waals surface area contributed by atoms with Crippen LogP contribution < -0.4 is 5.32 Å². The monoisotopic (exact) mass is 189 g/mol. The average Bonchev–Trinajstić information content (AvgIpc) is 1.81. The Morgan fingerprint density at radius 1 is 1.46 bits per heavy atom. The molecule has 0 aromatic heterocycles. The van der Waals surface area contributed by atoms with Crippen LogP contribution in [0.15, 0.2) is 0 Å². The molecule has 0 spiro atoms. The van der Waals surface area contributed by atoms with Gasteiger partial charge < -0.3 is 10.2 Å². The van der Waals surface area contributed by atoms with E-state index in [-0.39, 0.29) is 5.92 Å². The number of hydrogen-bond donors (Lipinski definition) is 3. The summed E-state index contributed by atoms with van der Waals surface area (Å²) in [4.78, 5) is 10.7. The van der Waals surface area contributed by atoms with Crippen molar-refractivity contribution in [1.82, 2.24) is 5.32 Å². The van der Waals surface area contributed by atoms with Crippen LogP contribution in [-0.2, 0) is 4.79 Å². The molecule has 1 atom stereocenters. The zero-order chi connectivity index (χ0) is 10.6. The SMILES string of the molecule is CC(C)C[C@H](NC(C)(C)O)C(=O)O. The molecule has 4 nitrogen and oxygen atoms in total. The van der Waals surface area contributed by atoms with Crippen LogP contribution in [0.1, 0.15) is 34.1 Å². The normalized spacial score (nSPS) is 14.6. The standard InChI is InChI=1S/C9H19NO3/c1-6(2)5-7(8(11)12)10-9(3,4)13/h6-7,10,13H,5H2,1-4H3,(H,11,12)/t7-/m0/s1. The second-order valence-electron chi connectivity index (χ2n) is 4.22. The second kappa shape index (κ2) is 4.58. The Morgan fingerprint density at radius 3 is 2.15 bits per heavy atom. The van der Waals surface area contributed by atoms with Crippen LogP contribution in [0.5, 0.6) is 0 Å². The largest absolute Gasteiger partial charge is 0.480 e. The molecule has 3 N–H and O–H groups in total. The molecule has 0 unspecified atom stereocenters. The topological polar surface area (TPSA) is 69.6 Å². The van der Waals surface area contributed by atoms with E-state index in [2.05, 4.69) is 5.32 Å². The van der Waals surface area contributed by atoms with Gasteiger partial charge in [-0.3, -0.25) is 10.1 Å². The summed E-state index contributed by atoms with van der Waals surface area (Å²) in [5.74, 6) is -0.633. The molecule has 0 aromatic carbocycles. The maximum atomic E-state index is 10.7. The van der Waals surface area contributed by atoms with Crippen molar-refractivity contribution in [2.24, 2.45) is 5.92 Å². The minimum atomic E-state index is -1.14. The molecular formula is C9H19NO3. The van der Waals surface area contributed by atoms with Crippen LogP contribution in [-0.4, -0.2) is 27.9 Å². The van der Waals surface area contributed by atoms with E-state index < -0.39 is 17.7 Å². The Morgan fingerprint density at radius 2 is 1.92 bits per heavy atom. The van der Waals surface area contributed by atoms with E-state index in [1.165, 1.54) is 13.8 Å². The maximum absolute atomic E-state index is 10.7. The predicted molar refractivity (Wildman–Crippen MR) is 50.3 cm³/mol. The third-order valence-corrected chi connectivity index (χ3v) is 1.53. The van der Waals surface area contributed by atoms with Crippen molar-refractivity contribution in [2.45, 2.75) is 45.9 Å². The summed E-state index contributed by atoms with van der Waals surface area (Å²) in [5, 5.41) is 20.8. The first-order valence-corrected chi connectivity index (χ1v) is 4.45. The molecule has 0 aliphatic heterocycles. The van der Waals surface area contributed by atoms with Gasteiger partial charge in [0.2, 0.25) is 0 Å². The zero-order valence-corrected chi connectivity index (χ0v) is 8.66. The Bertz CT molecular complexity index is 172. The second-order valence-corrected chi connectivity index (χ2v) is 4.22. The summed E-state index contributed by atoms with van der Waals surface area (Å²) in [6.45, 7) is 6.95. The van der Waals surface area contributed by atoms with Crippen LogP contribution in [0, 0.1) is 5.92 Å². The van der Waals surface area contributed by atoms with Crippen molar-refractivity contribution in [3.8, 4) is 0 Å². The Hall–Kier alpha value is -0.610. The highest BCUT2D eigenvalue weighted by atomic mass is 16.4. The van der Waals surface area contributed by atoms with E-state index in [1.54, 1.807) is 0 Å². The number of carboxylic acid groups (broad SMARTS) is 1. The third-order valence-electron chi connectivity index (χ3n) is 1.53. The number of carboxylic acids is 1. The number of hydrogen-bond acceptors (Lipinski definition) is 3. The fourth-order valence-corrected chi connectivity index (χ4v) is 1.12. The number of aliphatic carboxylic acids is 1. The van der Waals surface area contributed by atoms with Gasteiger partial charge >= 0.3 is 5.97 Å². The number of rotatable bonds is 5. The smallest absolute Gasteiger partial charge is 0.320 e. The lowest BCUT2D eigenvalue weighted by molar-refractivity contribution is -0.142. The van der Waals surface area contributed by atoms with Crippen LogP contribution >= 0.6 is 0 Å². The molecule has 78 valence electrons. The lowest BCUT2D eigenvalue weighted by Crippen LogP contribution is -2.49. The minimum Gasteiger partial charge on any atom is -0.480 e. The Labute approximate surface area is 79.0 Å². The average molecular weight is 189 g/mol. The summed E-state index contributed by atoms with van der Waals surface area (Å²) < 4.78 is 0. The highest BCUT2D eigenvalue weighted by Crippen LogP contribution is 2.08. The van der Waals surface area contributed by atoms with E-state index in [1.807, 2.05) is 13.8 Å². The van der Waals surface area contributed by atoms with E-state index in [4.69, 9.17) is 5.11 Å². The molecule has 0 amide bonds. The first-order chi connectivity index (χ1) is 5.72. The quantitative estimate of drug-likeness (QED) is 0.560. The zero-order valence-electron chi connectivity index (χ0n) is 8.66. The summed E-state index contributed by atoms with van der Waals surface area (Å²) in [6, 6.07) is -0.681. The highest BCUT2D eigenvalue weighted by Gasteiger charge is 2.24. The highest BCUT2D eigenvalue weighted by molar-refractivity contribution is 5.73. The number of nitrogens with one attached hydrogen (secondary N) is 1. The molecule has 0 rings (SSSR count). The molecular weight excluding hydrogens is 170 g/mol. The lowest BCUT2D eigenvalue weighted by atomic mass is 10.0. The first-order valence-electron chi connectivity index (χ1n) is 4.45. The molecule has 0 fully saturated rings. The number of aliphatic hydroxyl groups is 1. The van der Waals surface area contributed by atoms with Gasteiger partial charge in [-0.05, 0) is 26.2 Å². The summed E-state index contributed by atoms with van der Waals surface area (Å²) in [5.41, 5.74) is -1.14. The molecule has 0 aliphatic carbocycles. The van der Waals surface area contributed by atoms with Crippen molar-refractivity contribution >= 4 is 5.97 Å². The van der Waals surface area contributed by atoms with Crippen LogP contribution in [0.2, 0.25) is 0 Å². The molecule has 4 heteroatoms. The van der Waals surface area contributed by atoms with Gasteiger partial charge in [0.25, 0.3) is 0 Å². The van der Waals surface area contributed by atoms with E-state index in [9.17, 15) is 9.90 Å². The molecule has 0 aliphatic rings. The van der Waals surface area contributed by atoms with Gasteiger partial charge in [0.1, 0.15) is 11.8 Å². The molecule has 0 aromatic rings. The van der Waals surface area contributed by atoms with Crippen molar-refractivity contribution < 1.29 is 15.0 Å². The van der Waals surface area contributed by atoms with Crippen molar-refractivity contribution in [3.63, 3.8) is 0 Å². The fraction of sp³-hybridized carbons (Fsp3) is 0.889. The third kappa shape index (κ3) is 6.54. The molecule has 0 radical (unpaired) electrons. The van der Waals surface area contributed by atoms with Gasteiger partial charge in [-0.2, -0.15) is 0 Å². The van der Waals surface area contributed by atoms with Gasteiger partial charge in [0, 0.05) is 0 Å². The predicted octanol–water partition coefficient (Wildman–Crippen LogP) is 0.804. The molecule has 0 saturated carbocycles. The Balaban J connectivity index is 4.19. The molecule has 0 saturated heterocycles. The minimum absolute atomic E-state index is 0.288. The van der Waals surface area contributed by atoms with Crippen LogP contribution in [0.4, 0.5) is 0 Å².